The largest absolute Gasteiger partial charge is 0.493 e. The SMILES string of the molecule is COc1ccc(-c2csc3nc(CN(CCN4CCOCC4)CC(O)c4ccccc4)[nH]c(=O)c23)cc1OC. The molecule has 2 aromatic heterocycles. The smallest absolute Gasteiger partial charge is 0.260 e. The first-order chi connectivity index (χ1) is 19.1. The van der Waals surface area contributed by atoms with Gasteiger partial charge in [0, 0.05) is 43.7 Å². The second-order valence-electron chi connectivity index (χ2n) is 9.53. The van der Waals surface area contributed by atoms with Gasteiger partial charge in [-0.15, -0.1) is 11.3 Å². The average molecular weight is 551 g/mol. The normalized spacial score (nSPS) is 15.1. The summed E-state index contributed by atoms with van der Waals surface area (Å²) < 4.78 is 16.3. The Morgan fingerprint density at radius 3 is 2.64 bits per heavy atom. The van der Waals surface area contributed by atoms with E-state index in [-0.39, 0.29) is 5.56 Å². The molecule has 39 heavy (non-hydrogen) atoms. The first-order valence-electron chi connectivity index (χ1n) is 13.0. The summed E-state index contributed by atoms with van der Waals surface area (Å²) >= 11 is 1.44. The van der Waals surface area contributed by atoms with Gasteiger partial charge in [0.1, 0.15) is 10.7 Å². The van der Waals surface area contributed by atoms with Crippen molar-refractivity contribution >= 4 is 21.6 Å². The quantitative estimate of drug-likeness (QED) is 0.293. The summed E-state index contributed by atoms with van der Waals surface area (Å²) in [4.78, 5) is 26.3. The van der Waals surface area contributed by atoms with Crippen LogP contribution >= 0.6 is 11.3 Å². The Hall–Kier alpha value is -3.28. The van der Waals surface area contributed by atoms with Crippen molar-refractivity contribution in [3.63, 3.8) is 0 Å². The number of nitrogens with zero attached hydrogens (tertiary/aromatic N) is 3. The summed E-state index contributed by atoms with van der Waals surface area (Å²) in [6.07, 6.45) is -0.648. The number of hydrogen-bond donors (Lipinski definition) is 2. The Bertz CT molecular complexity index is 1430. The number of aromatic nitrogens is 2. The molecule has 3 heterocycles. The van der Waals surface area contributed by atoms with Gasteiger partial charge in [-0.2, -0.15) is 0 Å². The van der Waals surface area contributed by atoms with E-state index in [0.29, 0.717) is 40.6 Å². The molecule has 1 fully saturated rings. The molecule has 1 aliphatic heterocycles. The predicted molar refractivity (Wildman–Crippen MR) is 153 cm³/mol. The Balaban J connectivity index is 1.39. The number of aromatic amines is 1. The topological polar surface area (TPSA) is 100 Å². The van der Waals surface area contributed by atoms with Gasteiger partial charge in [-0.05, 0) is 23.3 Å². The maximum absolute atomic E-state index is 13.3. The van der Waals surface area contributed by atoms with Crippen molar-refractivity contribution in [3.8, 4) is 22.6 Å². The number of morpholine rings is 1. The zero-order valence-electron chi connectivity index (χ0n) is 22.3. The van der Waals surface area contributed by atoms with Crippen molar-refractivity contribution in [2.75, 3.05) is 60.2 Å². The fourth-order valence-corrected chi connectivity index (χ4v) is 5.83. The fourth-order valence-electron chi connectivity index (χ4n) is 4.86. The number of thiophene rings is 1. The first-order valence-corrected chi connectivity index (χ1v) is 13.9. The molecule has 1 unspecified atom stereocenters. The number of rotatable bonds is 11. The van der Waals surface area contributed by atoms with E-state index in [2.05, 4.69) is 14.8 Å². The predicted octanol–water partition coefficient (Wildman–Crippen LogP) is 3.54. The Labute approximate surface area is 231 Å². The van der Waals surface area contributed by atoms with E-state index in [4.69, 9.17) is 19.2 Å². The van der Waals surface area contributed by atoms with Gasteiger partial charge in [-0.25, -0.2) is 4.98 Å². The number of methoxy groups -OCH3 is 2. The van der Waals surface area contributed by atoms with E-state index in [9.17, 15) is 9.90 Å². The second-order valence-corrected chi connectivity index (χ2v) is 10.4. The average Bonchev–Trinajstić information content (AvgIpc) is 3.41. The molecule has 2 aromatic carbocycles. The van der Waals surface area contributed by atoms with Gasteiger partial charge in [-0.1, -0.05) is 36.4 Å². The molecule has 4 aromatic rings. The lowest BCUT2D eigenvalue weighted by Crippen LogP contribution is -2.42. The number of ether oxygens (including phenoxy) is 3. The van der Waals surface area contributed by atoms with Gasteiger partial charge in [-0.3, -0.25) is 14.6 Å². The summed E-state index contributed by atoms with van der Waals surface area (Å²) in [5.41, 5.74) is 2.35. The number of nitrogens with one attached hydrogen (secondary N) is 1. The number of aliphatic hydroxyl groups is 1. The van der Waals surface area contributed by atoms with E-state index in [1.54, 1.807) is 14.2 Å². The van der Waals surface area contributed by atoms with Crippen molar-refractivity contribution in [1.82, 2.24) is 19.8 Å². The number of aliphatic hydroxyl groups excluding tert-OH is 1. The number of hydrogen-bond acceptors (Lipinski definition) is 9. The van der Waals surface area contributed by atoms with Gasteiger partial charge in [0.2, 0.25) is 0 Å². The molecule has 206 valence electrons. The molecule has 1 saturated heterocycles. The Kier molecular flexibility index (Phi) is 8.90. The van der Waals surface area contributed by atoms with Gasteiger partial charge in [0.25, 0.3) is 5.56 Å². The number of H-pyrrole nitrogens is 1. The molecule has 2 N–H and O–H groups in total. The van der Waals surface area contributed by atoms with E-state index >= 15 is 0 Å². The fraction of sp³-hybridized carbons (Fsp3) is 0.379. The monoisotopic (exact) mass is 550 g/mol. The van der Waals surface area contributed by atoms with Gasteiger partial charge >= 0.3 is 0 Å². The van der Waals surface area contributed by atoms with Crippen LogP contribution in [0.1, 0.15) is 17.5 Å². The van der Waals surface area contributed by atoms with Crippen LogP contribution in [0.4, 0.5) is 0 Å². The zero-order valence-corrected chi connectivity index (χ0v) is 23.1. The van der Waals surface area contributed by atoms with Crippen LogP contribution < -0.4 is 15.0 Å². The highest BCUT2D eigenvalue weighted by Gasteiger charge is 2.20. The molecule has 10 heteroatoms. The molecule has 0 amide bonds. The first kappa shape index (κ1) is 27.3. The summed E-state index contributed by atoms with van der Waals surface area (Å²) in [5.74, 6) is 1.81. The number of fused-ring (bicyclic) bond motifs is 1. The highest BCUT2D eigenvalue weighted by atomic mass is 32.1. The lowest BCUT2D eigenvalue weighted by atomic mass is 10.1. The maximum atomic E-state index is 13.3. The summed E-state index contributed by atoms with van der Waals surface area (Å²) in [7, 11) is 3.18. The van der Waals surface area contributed by atoms with Crippen molar-refractivity contribution in [3.05, 3.63) is 75.7 Å². The highest BCUT2D eigenvalue weighted by Crippen LogP contribution is 2.36. The van der Waals surface area contributed by atoms with Crippen LogP contribution in [0.2, 0.25) is 0 Å². The maximum Gasteiger partial charge on any atom is 0.260 e. The Morgan fingerprint density at radius 2 is 1.90 bits per heavy atom. The molecule has 0 bridgehead atoms. The molecule has 1 aliphatic rings. The van der Waals surface area contributed by atoms with Gasteiger partial charge < -0.3 is 24.3 Å². The third-order valence-electron chi connectivity index (χ3n) is 7.01. The third-order valence-corrected chi connectivity index (χ3v) is 7.88. The molecule has 0 spiro atoms. The molecular formula is C29H34N4O5S. The molecule has 1 atom stereocenters. The standard InChI is InChI=1S/C29H34N4O5S/c1-36-24-9-8-21(16-25(24)37-2)22-19-39-29-27(22)28(35)30-26(31-29)18-33(11-10-32-12-14-38-15-13-32)17-23(34)20-6-4-3-5-7-20/h3-9,16,19,23,34H,10-15,17-18H2,1-2H3,(H,30,31,35). The van der Waals surface area contributed by atoms with Crippen LogP contribution in [0.25, 0.3) is 21.3 Å². The minimum atomic E-state index is -0.648. The van der Waals surface area contributed by atoms with Gasteiger partial charge in [0.15, 0.2) is 11.5 Å². The van der Waals surface area contributed by atoms with Gasteiger partial charge in [0.05, 0.1) is 45.5 Å². The molecule has 0 saturated carbocycles. The molecule has 5 rings (SSSR count). The molecule has 0 aliphatic carbocycles. The summed E-state index contributed by atoms with van der Waals surface area (Å²) in [5, 5.41) is 13.5. The van der Waals surface area contributed by atoms with Crippen LogP contribution in [0.15, 0.2) is 58.7 Å². The van der Waals surface area contributed by atoms with Crippen LogP contribution in [0.5, 0.6) is 11.5 Å². The van der Waals surface area contributed by atoms with E-state index in [1.807, 2.05) is 53.9 Å². The lowest BCUT2D eigenvalue weighted by molar-refractivity contribution is 0.0288. The lowest BCUT2D eigenvalue weighted by Gasteiger charge is -2.30. The molecule has 0 radical (unpaired) electrons. The Morgan fingerprint density at radius 1 is 1.13 bits per heavy atom. The highest BCUT2D eigenvalue weighted by molar-refractivity contribution is 7.17. The van der Waals surface area contributed by atoms with E-state index in [1.165, 1.54) is 11.3 Å². The minimum absolute atomic E-state index is 0.183. The number of benzene rings is 2. The van der Waals surface area contributed by atoms with Crippen LogP contribution in [-0.4, -0.2) is 85.0 Å². The minimum Gasteiger partial charge on any atom is -0.493 e. The van der Waals surface area contributed by atoms with Crippen molar-refractivity contribution in [1.29, 1.82) is 0 Å². The molecular weight excluding hydrogens is 516 g/mol. The molecule has 9 nitrogen and oxygen atoms in total. The van der Waals surface area contributed by atoms with Crippen LogP contribution in [0, 0.1) is 0 Å². The van der Waals surface area contributed by atoms with Crippen LogP contribution in [-0.2, 0) is 11.3 Å². The third kappa shape index (κ3) is 6.48. The van der Waals surface area contributed by atoms with E-state index < -0.39 is 6.10 Å². The second kappa shape index (κ2) is 12.7. The van der Waals surface area contributed by atoms with Crippen LogP contribution in [0.3, 0.4) is 0 Å². The van der Waals surface area contributed by atoms with Crippen molar-refractivity contribution < 1.29 is 19.3 Å². The van der Waals surface area contributed by atoms with Crippen molar-refractivity contribution in [2.45, 2.75) is 12.6 Å². The van der Waals surface area contributed by atoms with E-state index in [0.717, 1.165) is 56.1 Å². The summed E-state index contributed by atoms with van der Waals surface area (Å²) in [6.45, 7) is 5.68. The van der Waals surface area contributed by atoms with Crippen molar-refractivity contribution in [2.24, 2.45) is 0 Å². The zero-order chi connectivity index (χ0) is 27.2. The summed E-state index contributed by atoms with van der Waals surface area (Å²) in [6, 6.07) is 15.3.